The van der Waals surface area contributed by atoms with Gasteiger partial charge in [0.1, 0.15) is 0 Å². The van der Waals surface area contributed by atoms with Crippen LogP contribution in [0.1, 0.15) is 43.7 Å². The Morgan fingerprint density at radius 3 is 2.74 bits per heavy atom. The van der Waals surface area contributed by atoms with E-state index in [0.717, 1.165) is 43.5 Å². The van der Waals surface area contributed by atoms with Crippen molar-refractivity contribution in [2.75, 3.05) is 6.54 Å². The summed E-state index contributed by atoms with van der Waals surface area (Å²) in [6, 6.07) is 6.96. The average Bonchev–Trinajstić information content (AvgIpc) is 2.87. The fourth-order valence-corrected chi connectivity index (χ4v) is 4.46. The molecule has 0 radical (unpaired) electrons. The van der Waals surface area contributed by atoms with Crippen molar-refractivity contribution >= 4 is 11.3 Å². The number of hydrogen-bond donors (Lipinski definition) is 0. The first kappa shape index (κ1) is 14.8. The van der Waals surface area contributed by atoms with E-state index in [1.807, 2.05) is 24.1 Å². The van der Waals surface area contributed by atoms with Gasteiger partial charge in [-0.3, -0.25) is 5.01 Å². The highest BCUT2D eigenvalue weighted by Crippen LogP contribution is 2.53. The maximum atomic E-state index is 13.6. The minimum Gasteiger partial charge on any atom is -0.292 e. The lowest BCUT2D eigenvalue weighted by Crippen LogP contribution is -2.44. The molecule has 0 aromatic heterocycles. The van der Waals surface area contributed by atoms with Crippen LogP contribution in [0.4, 0.5) is 13.2 Å². The van der Waals surface area contributed by atoms with E-state index in [4.69, 9.17) is 0 Å². The van der Waals surface area contributed by atoms with E-state index in [0.29, 0.717) is 5.56 Å². The molecule has 1 spiro atoms. The van der Waals surface area contributed by atoms with Crippen LogP contribution in [0.3, 0.4) is 0 Å². The van der Waals surface area contributed by atoms with Gasteiger partial charge in [-0.2, -0.15) is 18.3 Å². The smallest absolute Gasteiger partial charge is 0.292 e. The van der Waals surface area contributed by atoms with Gasteiger partial charge in [0.25, 0.3) is 0 Å². The maximum absolute atomic E-state index is 13.6. The molecule has 2 nitrogen and oxygen atoms in total. The quantitative estimate of drug-likeness (QED) is 0.686. The molecule has 1 aromatic rings. The number of halogens is 3. The van der Waals surface area contributed by atoms with Crippen molar-refractivity contribution in [3.05, 3.63) is 41.5 Å². The molecule has 2 unspecified atom stereocenters. The topological polar surface area (TPSA) is 15.6 Å². The van der Waals surface area contributed by atoms with E-state index >= 15 is 0 Å². The van der Waals surface area contributed by atoms with E-state index in [9.17, 15) is 13.2 Å². The van der Waals surface area contributed by atoms with Gasteiger partial charge in [-0.05, 0) is 30.9 Å². The van der Waals surface area contributed by atoms with Gasteiger partial charge in [0, 0.05) is 6.54 Å². The molecule has 1 fully saturated rings. The standard InChI is InChI=1S/C18H19F3N2/c1-12-17(16-9-3-2-6-10-23(16)22-12)11-15(18(19,20)21)13-7-4-5-8-14(13)17/h4-5,7-8,11,16H,2-3,6,9-10H2,1H3. The number of hydrogen-bond acceptors (Lipinski definition) is 2. The maximum Gasteiger partial charge on any atom is 0.416 e. The highest BCUT2D eigenvalue weighted by Gasteiger charge is 2.56. The predicted molar refractivity (Wildman–Crippen MR) is 84.2 cm³/mol. The van der Waals surface area contributed by atoms with Crippen molar-refractivity contribution in [2.24, 2.45) is 5.10 Å². The second-order valence-corrected chi connectivity index (χ2v) is 6.68. The molecule has 2 aliphatic heterocycles. The Bertz CT molecular complexity index is 704. The third-order valence-electron chi connectivity index (χ3n) is 5.47. The Morgan fingerprint density at radius 1 is 1.17 bits per heavy atom. The third kappa shape index (κ3) is 1.98. The van der Waals surface area contributed by atoms with Gasteiger partial charge >= 0.3 is 6.18 Å². The van der Waals surface area contributed by atoms with Crippen molar-refractivity contribution in [2.45, 2.75) is 50.2 Å². The average molecular weight is 320 g/mol. The van der Waals surface area contributed by atoms with Crippen molar-refractivity contribution in [3.8, 4) is 0 Å². The van der Waals surface area contributed by atoms with Crippen LogP contribution in [0.5, 0.6) is 0 Å². The number of benzene rings is 1. The van der Waals surface area contributed by atoms with Crippen molar-refractivity contribution < 1.29 is 13.2 Å². The normalized spacial score (nSPS) is 29.9. The van der Waals surface area contributed by atoms with Crippen LogP contribution in [0.25, 0.3) is 5.57 Å². The Hall–Kier alpha value is -1.78. The van der Waals surface area contributed by atoms with Crippen molar-refractivity contribution in [3.63, 3.8) is 0 Å². The molecular formula is C18H19F3N2. The molecule has 1 aromatic carbocycles. The largest absolute Gasteiger partial charge is 0.416 e. The Morgan fingerprint density at radius 2 is 1.96 bits per heavy atom. The molecule has 1 aliphatic carbocycles. The highest BCUT2D eigenvalue weighted by molar-refractivity contribution is 6.03. The molecule has 4 rings (SSSR count). The molecule has 0 N–H and O–H groups in total. The van der Waals surface area contributed by atoms with E-state index < -0.39 is 17.2 Å². The Kier molecular flexibility index (Phi) is 3.12. The van der Waals surface area contributed by atoms with Crippen LogP contribution in [0.15, 0.2) is 35.4 Å². The molecule has 2 atom stereocenters. The second kappa shape index (κ2) is 4.86. The van der Waals surface area contributed by atoms with Crippen LogP contribution in [-0.4, -0.2) is 29.5 Å². The van der Waals surface area contributed by atoms with Gasteiger partial charge < -0.3 is 0 Å². The minimum absolute atomic E-state index is 0.00556. The number of allylic oxidation sites excluding steroid dienone is 1. The van der Waals surface area contributed by atoms with E-state index in [1.165, 1.54) is 6.08 Å². The molecule has 3 aliphatic rings. The van der Waals surface area contributed by atoms with Gasteiger partial charge in [0.2, 0.25) is 0 Å². The van der Waals surface area contributed by atoms with Gasteiger partial charge in [0.15, 0.2) is 0 Å². The summed E-state index contributed by atoms with van der Waals surface area (Å²) in [6.45, 7) is 2.71. The molecule has 0 bridgehead atoms. The predicted octanol–water partition coefficient (Wildman–Crippen LogP) is 4.52. The third-order valence-corrected chi connectivity index (χ3v) is 5.47. The molecule has 23 heavy (non-hydrogen) atoms. The van der Waals surface area contributed by atoms with E-state index in [-0.39, 0.29) is 6.04 Å². The summed E-state index contributed by atoms with van der Waals surface area (Å²) < 4.78 is 40.8. The monoisotopic (exact) mass is 320 g/mol. The zero-order valence-electron chi connectivity index (χ0n) is 13.0. The molecule has 1 saturated heterocycles. The summed E-state index contributed by atoms with van der Waals surface area (Å²) in [7, 11) is 0. The van der Waals surface area contributed by atoms with Gasteiger partial charge in [-0.1, -0.05) is 43.2 Å². The van der Waals surface area contributed by atoms with Crippen LogP contribution in [0.2, 0.25) is 0 Å². The van der Waals surface area contributed by atoms with Crippen LogP contribution in [0, 0.1) is 0 Å². The lowest BCUT2D eigenvalue weighted by Gasteiger charge is -2.34. The molecule has 122 valence electrons. The summed E-state index contributed by atoms with van der Waals surface area (Å²) in [5.74, 6) is 0. The molecule has 5 heteroatoms. The lowest BCUT2D eigenvalue weighted by atomic mass is 9.72. The fraction of sp³-hybridized carbons (Fsp3) is 0.500. The second-order valence-electron chi connectivity index (χ2n) is 6.68. The molecule has 0 saturated carbocycles. The number of rotatable bonds is 0. The van der Waals surface area contributed by atoms with Gasteiger partial charge in [0.05, 0.1) is 22.7 Å². The highest BCUT2D eigenvalue weighted by atomic mass is 19.4. The summed E-state index contributed by atoms with van der Waals surface area (Å²) in [5.41, 5.74) is 0.652. The minimum atomic E-state index is -4.34. The lowest BCUT2D eigenvalue weighted by molar-refractivity contribution is -0.0688. The SMILES string of the molecule is CC1=NN2CCCCCC2C12C=C(C(F)(F)F)c1ccccc12. The number of nitrogens with zero attached hydrogens (tertiary/aromatic N) is 2. The first-order valence-corrected chi connectivity index (χ1v) is 8.17. The van der Waals surface area contributed by atoms with Crippen LogP contribution < -0.4 is 0 Å². The van der Waals surface area contributed by atoms with Crippen LogP contribution in [-0.2, 0) is 5.41 Å². The first-order valence-electron chi connectivity index (χ1n) is 8.17. The van der Waals surface area contributed by atoms with E-state index in [1.54, 1.807) is 12.1 Å². The number of alkyl halides is 3. The number of fused-ring (bicyclic) bond motifs is 4. The van der Waals surface area contributed by atoms with Gasteiger partial charge in [-0.25, -0.2) is 0 Å². The first-order chi connectivity index (χ1) is 10.9. The van der Waals surface area contributed by atoms with Gasteiger partial charge in [-0.15, -0.1) is 0 Å². The van der Waals surface area contributed by atoms with Crippen LogP contribution >= 0.6 is 0 Å². The molecule has 2 heterocycles. The van der Waals surface area contributed by atoms with E-state index in [2.05, 4.69) is 5.10 Å². The Labute approximate surface area is 133 Å². The fourth-order valence-electron chi connectivity index (χ4n) is 4.46. The summed E-state index contributed by atoms with van der Waals surface area (Å²) in [5, 5.41) is 6.70. The van der Waals surface area contributed by atoms with Crippen molar-refractivity contribution in [1.82, 2.24) is 5.01 Å². The number of hydrazone groups is 1. The zero-order chi connectivity index (χ0) is 16.2. The molecular weight excluding hydrogens is 301 g/mol. The zero-order valence-corrected chi connectivity index (χ0v) is 13.0. The Balaban J connectivity index is 1.93. The summed E-state index contributed by atoms with van der Waals surface area (Å²) in [4.78, 5) is 0. The van der Waals surface area contributed by atoms with Crippen molar-refractivity contribution in [1.29, 1.82) is 0 Å². The summed E-state index contributed by atoms with van der Waals surface area (Å²) >= 11 is 0. The summed E-state index contributed by atoms with van der Waals surface area (Å²) in [6.07, 6.45) is 1.22. The molecule has 0 amide bonds.